The second-order valence-electron chi connectivity index (χ2n) is 7.70. The number of likely N-dealkylation sites (tertiary alicyclic amines) is 1. The number of hydrogen-bond donors (Lipinski definition) is 1. The van der Waals surface area contributed by atoms with Gasteiger partial charge in [-0.3, -0.25) is 14.9 Å². The standard InChI is InChI=1S/C21H28N4O2/c26-21(19-14-23-24-20(19)17-6-2-1-3-7-17)25-11-8-18(9-12-25)27-15-16-5-4-10-22-13-16/h4-5,10,13-14,17-18H,1-3,6-9,11-12,15H2,(H,23,24). The first-order valence-electron chi connectivity index (χ1n) is 10.1. The summed E-state index contributed by atoms with van der Waals surface area (Å²) in [6, 6.07) is 3.95. The van der Waals surface area contributed by atoms with Crippen molar-refractivity contribution in [3.8, 4) is 0 Å². The van der Waals surface area contributed by atoms with Crippen LogP contribution in [0.15, 0.2) is 30.7 Å². The molecule has 0 spiro atoms. The average Bonchev–Trinajstić information content (AvgIpc) is 3.23. The summed E-state index contributed by atoms with van der Waals surface area (Å²) < 4.78 is 6.01. The minimum absolute atomic E-state index is 0.120. The molecule has 2 aromatic heterocycles. The Bertz CT molecular complexity index is 732. The molecule has 1 aliphatic heterocycles. The first kappa shape index (κ1) is 18.2. The third kappa shape index (κ3) is 4.38. The molecule has 0 unspecified atom stereocenters. The highest BCUT2D eigenvalue weighted by Crippen LogP contribution is 2.33. The number of carbonyl (C=O) groups is 1. The van der Waals surface area contributed by atoms with Gasteiger partial charge in [-0.2, -0.15) is 5.10 Å². The fraction of sp³-hybridized carbons (Fsp3) is 0.571. The fourth-order valence-corrected chi connectivity index (χ4v) is 4.26. The van der Waals surface area contributed by atoms with Crippen molar-refractivity contribution >= 4 is 5.91 Å². The van der Waals surface area contributed by atoms with Crippen LogP contribution in [0.5, 0.6) is 0 Å². The van der Waals surface area contributed by atoms with Crippen LogP contribution in [0.25, 0.3) is 0 Å². The molecule has 0 aromatic carbocycles. The number of rotatable bonds is 5. The Morgan fingerprint density at radius 2 is 1.96 bits per heavy atom. The zero-order valence-electron chi connectivity index (χ0n) is 15.8. The van der Waals surface area contributed by atoms with E-state index in [1.807, 2.05) is 23.2 Å². The summed E-state index contributed by atoms with van der Waals surface area (Å²) in [5.74, 6) is 0.579. The van der Waals surface area contributed by atoms with Crippen LogP contribution in [0.2, 0.25) is 0 Å². The number of amides is 1. The zero-order valence-corrected chi connectivity index (χ0v) is 15.8. The maximum absolute atomic E-state index is 13.0. The van der Waals surface area contributed by atoms with Gasteiger partial charge in [0.25, 0.3) is 5.91 Å². The molecule has 2 aliphatic rings. The lowest BCUT2D eigenvalue weighted by atomic mass is 9.85. The molecule has 0 radical (unpaired) electrons. The first-order valence-corrected chi connectivity index (χ1v) is 10.1. The van der Waals surface area contributed by atoms with Crippen LogP contribution in [0, 0.1) is 0 Å². The third-order valence-electron chi connectivity index (χ3n) is 5.85. The Kier molecular flexibility index (Phi) is 5.82. The summed E-state index contributed by atoms with van der Waals surface area (Å²) in [7, 11) is 0. The minimum atomic E-state index is 0.120. The van der Waals surface area contributed by atoms with Crippen molar-refractivity contribution in [1.29, 1.82) is 0 Å². The van der Waals surface area contributed by atoms with Crippen molar-refractivity contribution in [2.75, 3.05) is 13.1 Å². The van der Waals surface area contributed by atoms with Crippen LogP contribution in [0.4, 0.5) is 0 Å². The van der Waals surface area contributed by atoms with Gasteiger partial charge in [0.1, 0.15) is 0 Å². The Morgan fingerprint density at radius 3 is 2.70 bits per heavy atom. The number of piperidine rings is 1. The van der Waals surface area contributed by atoms with Crippen molar-refractivity contribution in [2.45, 2.75) is 63.6 Å². The van der Waals surface area contributed by atoms with Crippen LogP contribution < -0.4 is 0 Å². The monoisotopic (exact) mass is 368 g/mol. The molecule has 6 heteroatoms. The Labute approximate surface area is 160 Å². The molecule has 1 amide bonds. The van der Waals surface area contributed by atoms with E-state index in [9.17, 15) is 4.79 Å². The average molecular weight is 368 g/mol. The number of ether oxygens (including phenoxy) is 1. The van der Waals surface area contributed by atoms with Gasteiger partial charge in [0.2, 0.25) is 0 Å². The van der Waals surface area contributed by atoms with Crippen molar-refractivity contribution in [2.24, 2.45) is 0 Å². The number of aromatic amines is 1. The van der Waals surface area contributed by atoms with Crippen LogP contribution in [0.3, 0.4) is 0 Å². The molecule has 144 valence electrons. The SMILES string of the molecule is O=C(c1cn[nH]c1C1CCCCC1)N1CCC(OCc2cccnc2)CC1. The van der Waals surface area contributed by atoms with Gasteiger partial charge >= 0.3 is 0 Å². The Morgan fingerprint density at radius 1 is 1.15 bits per heavy atom. The van der Waals surface area contributed by atoms with Gasteiger partial charge in [0.05, 0.1) is 30.2 Å². The van der Waals surface area contributed by atoms with Gasteiger partial charge in [-0.15, -0.1) is 0 Å². The fourth-order valence-electron chi connectivity index (χ4n) is 4.26. The van der Waals surface area contributed by atoms with Gasteiger partial charge in [-0.25, -0.2) is 0 Å². The van der Waals surface area contributed by atoms with Crippen molar-refractivity contribution < 1.29 is 9.53 Å². The molecule has 1 aliphatic carbocycles. The summed E-state index contributed by atoms with van der Waals surface area (Å²) in [4.78, 5) is 19.1. The predicted molar refractivity (Wildman–Crippen MR) is 102 cm³/mol. The number of hydrogen-bond acceptors (Lipinski definition) is 4. The van der Waals surface area contributed by atoms with Gasteiger partial charge in [-0.05, 0) is 37.3 Å². The normalized spacial score (nSPS) is 19.3. The molecule has 1 saturated carbocycles. The van der Waals surface area contributed by atoms with Crippen LogP contribution >= 0.6 is 0 Å². The summed E-state index contributed by atoms with van der Waals surface area (Å²) >= 11 is 0. The van der Waals surface area contributed by atoms with Crippen molar-refractivity contribution in [3.05, 3.63) is 47.5 Å². The van der Waals surface area contributed by atoms with Gasteiger partial charge in [-0.1, -0.05) is 25.3 Å². The summed E-state index contributed by atoms with van der Waals surface area (Å²) in [5.41, 5.74) is 2.91. The molecule has 2 fully saturated rings. The lowest BCUT2D eigenvalue weighted by Gasteiger charge is -2.32. The second kappa shape index (κ2) is 8.65. The molecule has 27 heavy (non-hydrogen) atoms. The zero-order chi connectivity index (χ0) is 18.5. The van der Waals surface area contributed by atoms with E-state index in [0.717, 1.165) is 55.6 Å². The molecule has 2 aromatic rings. The number of nitrogens with zero attached hydrogens (tertiary/aromatic N) is 3. The van der Waals surface area contributed by atoms with E-state index in [0.29, 0.717) is 12.5 Å². The number of H-pyrrole nitrogens is 1. The van der Waals surface area contributed by atoms with Crippen molar-refractivity contribution in [1.82, 2.24) is 20.1 Å². The largest absolute Gasteiger partial charge is 0.373 e. The maximum atomic E-state index is 13.0. The van der Waals surface area contributed by atoms with E-state index in [-0.39, 0.29) is 12.0 Å². The lowest BCUT2D eigenvalue weighted by molar-refractivity contribution is -0.000504. The van der Waals surface area contributed by atoms with E-state index in [1.54, 1.807) is 12.4 Å². The summed E-state index contributed by atoms with van der Waals surface area (Å²) in [5, 5.41) is 7.30. The highest BCUT2D eigenvalue weighted by Gasteiger charge is 2.29. The lowest BCUT2D eigenvalue weighted by Crippen LogP contribution is -2.41. The van der Waals surface area contributed by atoms with Crippen molar-refractivity contribution in [3.63, 3.8) is 0 Å². The highest BCUT2D eigenvalue weighted by molar-refractivity contribution is 5.95. The Hall–Kier alpha value is -2.21. The number of carbonyl (C=O) groups excluding carboxylic acids is 1. The number of pyridine rings is 1. The Balaban J connectivity index is 1.31. The molecular weight excluding hydrogens is 340 g/mol. The molecule has 4 rings (SSSR count). The van der Waals surface area contributed by atoms with Gasteiger partial charge in [0, 0.05) is 31.4 Å². The second-order valence-corrected chi connectivity index (χ2v) is 7.70. The van der Waals surface area contributed by atoms with Crippen LogP contribution in [-0.2, 0) is 11.3 Å². The molecule has 0 atom stereocenters. The highest BCUT2D eigenvalue weighted by atomic mass is 16.5. The summed E-state index contributed by atoms with van der Waals surface area (Å²) in [6.07, 6.45) is 13.4. The minimum Gasteiger partial charge on any atom is -0.373 e. The topological polar surface area (TPSA) is 71.1 Å². The third-order valence-corrected chi connectivity index (χ3v) is 5.85. The van der Waals surface area contributed by atoms with E-state index in [1.165, 1.54) is 19.3 Å². The molecule has 0 bridgehead atoms. The quantitative estimate of drug-likeness (QED) is 0.874. The molecule has 3 heterocycles. The predicted octanol–water partition coefficient (Wildman–Crippen LogP) is 3.67. The first-order chi connectivity index (χ1) is 13.3. The van der Waals surface area contributed by atoms with Gasteiger partial charge < -0.3 is 9.64 Å². The maximum Gasteiger partial charge on any atom is 0.257 e. The number of nitrogens with one attached hydrogen (secondary N) is 1. The van der Waals surface area contributed by atoms with Crippen LogP contribution in [0.1, 0.15) is 72.5 Å². The molecule has 6 nitrogen and oxygen atoms in total. The molecule has 1 N–H and O–H groups in total. The molecule has 1 saturated heterocycles. The van der Waals surface area contributed by atoms with E-state index >= 15 is 0 Å². The van der Waals surface area contributed by atoms with Gasteiger partial charge in [0.15, 0.2) is 0 Å². The van der Waals surface area contributed by atoms with E-state index in [4.69, 9.17) is 4.74 Å². The summed E-state index contributed by atoms with van der Waals surface area (Å²) in [6.45, 7) is 2.07. The van der Waals surface area contributed by atoms with Crippen LogP contribution in [-0.4, -0.2) is 45.2 Å². The van der Waals surface area contributed by atoms with E-state index in [2.05, 4.69) is 15.2 Å². The smallest absolute Gasteiger partial charge is 0.257 e. The molecular formula is C21H28N4O2. The van der Waals surface area contributed by atoms with E-state index < -0.39 is 0 Å². The number of aromatic nitrogens is 3.